The Morgan fingerprint density at radius 3 is 2.33 bits per heavy atom. The number of aliphatic hydroxyl groups excluding tert-OH is 1. The van der Waals surface area contributed by atoms with Crippen LogP contribution < -0.4 is 9.42 Å². The van der Waals surface area contributed by atoms with Crippen LogP contribution in [0.4, 0.5) is 5.69 Å². The van der Waals surface area contributed by atoms with Crippen LogP contribution in [0.25, 0.3) is 16.3 Å². The molecule has 0 saturated carbocycles. The lowest BCUT2D eigenvalue weighted by atomic mass is 9.76. The number of hydrogen-bond donors (Lipinski definition) is 1. The summed E-state index contributed by atoms with van der Waals surface area (Å²) in [6, 6.07) is 26.6. The first-order valence-electron chi connectivity index (χ1n) is 21.4. The molecule has 0 radical (unpaired) electrons. The Balaban J connectivity index is 0.978. The Bertz CT molecular complexity index is 2620. The van der Waals surface area contributed by atoms with Gasteiger partial charge in [0.2, 0.25) is 0 Å². The summed E-state index contributed by atoms with van der Waals surface area (Å²) in [6.45, 7) is 2.54. The van der Waals surface area contributed by atoms with Gasteiger partial charge in [-0.15, -0.1) is 23.2 Å². The number of carbonyl (C=O) groups excluding carboxylic acids is 2. The molecule has 0 aromatic heterocycles. The largest absolute Gasteiger partial charge is 0.530 e. The van der Waals surface area contributed by atoms with Crippen LogP contribution in [0.2, 0.25) is 0 Å². The van der Waals surface area contributed by atoms with E-state index in [4.69, 9.17) is 41.5 Å². The molecular formula is C50H49Cl2N2O8P. The highest BCUT2D eigenvalue weighted by Gasteiger charge is 2.47. The van der Waals surface area contributed by atoms with Gasteiger partial charge in [-0.3, -0.25) is 18.6 Å². The fourth-order valence-electron chi connectivity index (χ4n) is 9.52. The Morgan fingerprint density at radius 1 is 0.857 bits per heavy atom. The number of phosphoric ester groups is 1. The lowest BCUT2D eigenvalue weighted by Gasteiger charge is -2.33. The maximum atomic E-state index is 14.7. The molecule has 2 amide bonds. The van der Waals surface area contributed by atoms with Crippen LogP contribution in [0.3, 0.4) is 0 Å². The minimum atomic E-state index is -4.26. The van der Waals surface area contributed by atoms with Gasteiger partial charge in [-0.2, -0.15) is 0 Å². The second kappa shape index (κ2) is 18.8. The predicted molar refractivity (Wildman–Crippen MR) is 247 cm³/mol. The monoisotopic (exact) mass is 906 g/mol. The van der Waals surface area contributed by atoms with E-state index in [-0.39, 0.29) is 73.5 Å². The molecule has 5 aliphatic rings. The first kappa shape index (κ1) is 43.5. The molecule has 6 atom stereocenters. The second-order valence-electron chi connectivity index (χ2n) is 16.6. The van der Waals surface area contributed by atoms with Gasteiger partial charge in [0.1, 0.15) is 5.75 Å². The number of nitrogens with zero attached hydrogens (tertiary/aromatic N) is 2. The zero-order chi connectivity index (χ0) is 43.7. The number of alkyl halides is 2. The van der Waals surface area contributed by atoms with Crippen LogP contribution in [-0.2, 0) is 34.5 Å². The van der Waals surface area contributed by atoms with Crippen molar-refractivity contribution in [3.8, 4) is 5.75 Å². The number of rotatable bonds is 15. The summed E-state index contributed by atoms with van der Waals surface area (Å²) in [5.41, 5.74) is 7.15. The number of ether oxygens (including phenoxy) is 1. The van der Waals surface area contributed by atoms with Crippen LogP contribution in [-0.4, -0.2) is 72.2 Å². The predicted octanol–water partition coefficient (Wildman–Crippen LogP) is 10.4. The Labute approximate surface area is 377 Å². The van der Waals surface area contributed by atoms with Gasteiger partial charge in [0.05, 0.1) is 31.5 Å². The molecule has 10 nitrogen and oxygen atoms in total. The molecule has 0 spiro atoms. The van der Waals surface area contributed by atoms with E-state index in [1.807, 2.05) is 89.8 Å². The highest BCUT2D eigenvalue weighted by Crippen LogP contribution is 2.55. The first-order chi connectivity index (χ1) is 30.6. The topological polar surface area (TPSA) is 115 Å². The lowest BCUT2D eigenvalue weighted by molar-refractivity contribution is -0.127. The van der Waals surface area contributed by atoms with Crippen molar-refractivity contribution >= 4 is 64.9 Å². The second-order valence-corrected chi connectivity index (χ2v) is 18.8. The molecule has 4 unspecified atom stereocenters. The maximum absolute atomic E-state index is 14.7. The van der Waals surface area contributed by atoms with Gasteiger partial charge in [0, 0.05) is 65.7 Å². The van der Waals surface area contributed by atoms with E-state index in [0.717, 1.165) is 51.6 Å². The number of halogens is 2. The molecule has 63 heavy (non-hydrogen) atoms. The molecule has 13 heteroatoms. The fraction of sp³-hybridized carbons (Fsp3) is 0.320. The van der Waals surface area contributed by atoms with Gasteiger partial charge in [-0.1, -0.05) is 115 Å². The van der Waals surface area contributed by atoms with Crippen LogP contribution in [0.5, 0.6) is 5.75 Å². The average molecular weight is 908 g/mol. The summed E-state index contributed by atoms with van der Waals surface area (Å²) in [5, 5.41) is 11.4. The van der Waals surface area contributed by atoms with Crippen molar-refractivity contribution in [3.63, 3.8) is 0 Å². The number of carbonyl (C=O) groups is 2. The quantitative estimate of drug-likeness (QED) is 0.0713. The molecule has 4 aromatic carbocycles. The summed E-state index contributed by atoms with van der Waals surface area (Å²) >= 11 is 13.2. The zero-order valence-corrected chi connectivity index (χ0v) is 37.3. The van der Waals surface area contributed by atoms with Crippen molar-refractivity contribution in [1.29, 1.82) is 0 Å². The minimum absolute atomic E-state index is 0.00939. The number of allylic oxidation sites excluding steroid dienone is 4. The highest BCUT2D eigenvalue weighted by molar-refractivity contribution is 7.48. The van der Waals surface area contributed by atoms with Gasteiger partial charge >= 0.3 is 7.82 Å². The smallest absolute Gasteiger partial charge is 0.403 e. The number of benzene rings is 4. The number of likely N-dealkylation sites (tertiary alicyclic amines) is 1. The molecule has 326 valence electrons. The molecule has 2 heterocycles. The lowest BCUT2D eigenvalue weighted by Crippen LogP contribution is -2.38. The number of hydrogen-bond acceptors (Lipinski definition) is 8. The number of aliphatic hydroxyl groups is 1. The summed E-state index contributed by atoms with van der Waals surface area (Å²) < 4.78 is 38.7. The number of phosphoric acid groups is 1. The maximum Gasteiger partial charge on any atom is 0.530 e. The van der Waals surface area contributed by atoms with Crippen molar-refractivity contribution in [2.24, 2.45) is 5.92 Å². The summed E-state index contributed by atoms with van der Waals surface area (Å²) in [4.78, 5) is 32.8. The van der Waals surface area contributed by atoms with Crippen LogP contribution in [0.1, 0.15) is 60.3 Å². The van der Waals surface area contributed by atoms with Gasteiger partial charge in [-0.05, 0) is 64.5 Å². The molecule has 2 aliphatic heterocycles. The highest BCUT2D eigenvalue weighted by atomic mass is 35.5. The van der Waals surface area contributed by atoms with Crippen molar-refractivity contribution < 1.29 is 37.6 Å². The first-order valence-corrected chi connectivity index (χ1v) is 24.0. The molecule has 0 bridgehead atoms. The Morgan fingerprint density at radius 2 is 1.59 bits per heavy atom. The van der Waals surface area contributed by atoms with Crippen LogP contribution >= 0.6 is 31.0 Å². The third-order valence-corrected chi connectivity index (χ3v) is 14.6. The van der Waals surface area contributed by atoms with Crippen LogP contribution in [0, 0.1) is 5.92 Å². The summed E-state index contributed by atoms with van der Waals surface area (Å²) in [7, 11) is -4.26. The fourth-order valence-corrected chi connectivity index (χ4v) is 11.2. The minimum Gasteiger partial charge on any atom is -0.403 e. The third kappa shape index (κ3) is 8.88. The number of fused-ring (bicyclic) bond motifs is 6. The normalized spacial score (nSPS) is 22.7. The van der Waals surface area contributed by atoms with E-state index < -0.39 is 14.1 Å². The Hall–Kier alpha value is -4.77. The van der Waals surface area contributed by atoms with E-state index in [1.54, 1.807) is 30.0 Å². The molecule has 1 N–H and O–H groups in total. The molecule has 9 rings (SSSR count). The summed E-state index contributed by atoms with van der Waals surface area (Å²) in [5.74, 6) is 0.252. The molecular weight excluding hydrogens is 858 g/mol. The molecule has 1 saturated heterocycles. The molecule has 3 aliphatic carbocycles. The standard InChI is InChI=1S/C50H49Cl2N2O8P/c1-32(55)59-31-37-23-44-47(42-18-10-8-16-40(37)42)38(25-51)27-53(44)49(56)35-20-21-36(22-35)50(57)54-28-39(26-52)48-43-19-11-9-17-41(43)46(24-45(48)54)62-63(58,60-29-33-12-4-2-5-13-33)61-30-34-14-6-3-7-15-34/h2,4-6,8-21,23-24,32,38-39,44,47,55H,3,7,22,25-31H2,1H3/t32?,38-,39-,44?,47?,63?/m1/s1. The van der Waals surface area contributed by atoms with Gasteiger partial charge in [0.15, 0.2) is 6.29 Å². The van der Waals surface area contributed by atoms with Crippen molar-refractivity contribution in [2.75, 3.05) is 43.0 Å². The molecule has 4 aromatic rings. The number of amides is 2. The van der Waals surface area contributed by atoms with Gasteiger partial charge < -0.3 is 24.2 Å². The number of anilines is 1. The van der Waals surface area contributed by atoms with Crippen molar-refractivity contribution in [1.82, 2.24) is 4.90 Å². The van der Waals surface area contributed by atoms with E-state index >= 15 is 0 Å². The SMILES string of the molecule is CC(O)OCC1=CC2C(c3ccccc31)[C@H](CCl)CN2C(=O)C1=CC=C(C(=O)N2C[C@@H](CCl)c3c2cc(OP(=O)(OCC2=CCCC=C2)OCc2ccccc2)c2ccccc32)C1. The Kier molecular flexibility index (Phi) is 12.9. The van der Waals surface area contributed by atoms with Gasteiger partial charge in [-0.25, -0.2) is 4.57 Å². The zero-order valence-electron chi connectivity index (χ0n) is 34.9. The van der Waals surface area contributed by atoms with E-state index in [2.05, 4.69) is 18.2 Å². The van der Waals surface area contributed by atoms with E-state index in [1.165, 1.54) is 0 Å². The van der Waals surface area contributed by atoms with Crippen LogP contribution in [0.15, 0.2) is 138 Å². The van der Waals surface area contributed by atoms with E-state index in [0.29, 0.717) is 41.2 Å². The van der Waals surface area contributed by atoms with E-state index in [9.17, 15) is 19.3 Å². The molecule has 1 fully saturated rings. The van der Waals surface area contributed by atoms with Gasteiger partial charge in [0.25, 0.3) is 11.8 Å². The third-order valence-electron chi connectivity index (χ3n) is 12.5. The van der Waals surface area contributed by atoms with Crippen molar-refractivity contribution in [3.05, 3.63) is 160 Å². The van der Waals surface area contributed by atoms with Crippen molar-refractivity contribution in [2.45, 2.75) is 57.0 Å². The summed E-state index contributed by atoms with van der Waals surface area (Å²) in [6.07, 6.45) is 12.6. The average Bonchev–Trinajstić information content (AvgIpc) is 4.06.